The molecule has 0 spiro atoms. The normalized spacial score (nSPS) is 12.0. The molecule has 0 aliphatic heterocycles. The van der Waals surface area contributed by atoms with Crippen molar-refractivity contribution >= 4 is 0 Å². The van der Waals surface area contributed by atoms with E-state index in [0.29, 0.717) is 0 Å². The van der Waals surface area contributed by atoms with Crippen LogP contribution in [-0.4, -0.2) is 19.9 Å². The lowest BCUT2D eigenvalue weighted by Crippen LogP contribution is -2.11. The minimum Gasteiger partial charge on any atom is -0.256 e. The van der Waals surface area contributed by atoms with Crippen LogP contribution < -0.4 is 0 Å². The summed E-state index contributed by atoms with van der Waals surface area (Å²) in [6.07, 6.45) is 7.73. The van der Waals surface area contributed by atoms with E-state index in [4.69, 9.17) is 19.9 Å². The number of pyridine rings is 4. The molecule has 0 amide bonds. The third kappa shape index (κ3) is 10.1. The first-order valence-corrected chi connectivity index (χ1v) is 25.1. The Labute approximate surface area is 426 Å². The molecule has 72 heavy (non-hydrogen) atoms. The molecular weight excluding hydrogens is 873 g/mol. The Morgan fingerprint density at radius 2 is 0.528 bits per heavy atom. The molecule has 4 aromatic heterocycles. The fourth-order valence-electron chi connectivity index (χ4n) is 9.55. The van der Waals surface area contributed by atoms with Crippen LogP contribution in [0.15, 0.2) is 213 Å². The molecule has 6 aromatic carbocycles. The Morgan fingerprint density at radius 3 is 0.861 bits per heavy atom. The number of benzene rings is 6. The average molecular weight is 935 g/mol. The zero-order valence-electron chi connectivity index (χ0n) is 43.0. The van der Waals surface area contributed by atoms with E-state index in [0.717, 1.165) is 101 Å². The van der Waals surface area contributed by atoms with Gasteiger partial charge in [0.05, 0.1) is 22.8 Å². The van der Waals surface area contributed by atoms with Crippen LogP contribution in [0.4, 0.5) is 0 Å². The second kappa shape index (κ2) is 19.3. The summed E-state index contributed by atoms with van der Waals surface area (Å²) in [5, 5.41) is 0. The molecule has 0 fully saturated rings. The van der Waals surface area contributed by atoms with Gasteiger partial charge >= 0.3 is 0 Å². The minimum atomic E-state index is 0.00786. The van der Waals surface area contributed by atoms with Gasteiger partial charge in [-0.25, -0.2) is 0 Å². The van der Waals surface area contributed by atoms with Crippen molar-refractivity contribution < 1.29 is 0 Å². The van der Waals surface area contributed by atoms with Gasteiger partial charge in [0, 0.05) is 41.5 Å². The molecule has 10 rings (SSSR count). The number of hydrogen-bond donors (Lipinski definition) is 0. The molecule has 0 atom stereocenters. The second-order valence-corrected chi connectivity index (χ2v) is 22.1. The fourth-order valence-corrected chi connectivity index (χ4v) is 9.55. The van der Waals surface area contributed by atoms with Crippen LogP contribution in [0.3, 0.4) is 0 Å². The molecule has 4 nitrogen and oxygen atoms in total. The van der Waals surface area contributed by atoms with Gasteiger partial charge in [-0.05, 0) is 155 Å². The van der Waals surface area contributed by atoms with E-state index in [1.807, 2.05) is 24.8 Å². The van der Waals surface area contributed by atoms with Crippen LogP contribution in [0.1, 0.15) is 79.0 Å². The van der Waals surface area contributed by atoms with Crippen LogP contribution in [-0.2, 0) is 16.2 Å². The van der Waals surface area contributed by atoms with Gasteiger partial charge in [0.25, 0.3) is 0 Å². The highest BCUT2D eigenvalue weighted by Gasteiger charge is 2.20. The van der Waals surface area contributed by atoms with Gasteiger partial charge < -0.3 is 0 Å². The molecule has 0 N–H and O–H groups in total. The predicted octanol–water partition coefficient (Wildman–Crippen LogP) is 18.2. The number of hydrogen-bond acceptors (Lipinski definition) is 4. The van der Waals surface area contributed by atoms with Crippen LogP contribution in [0.2, 0.25) is 0 Å². The molecule has 4 heterocycles. The summed E-state index contributed by atoms with van der Waals surface area (Å²) >= 11 is 0. The molecule has 354 valence electrons. The average Bonchev–Trinajstić information content (AvgIpc) is 3.40. The van der Waals surface area contributed by atoms with Crippen molar-refractivity contribution in [3.63, 3.8) is 0 Å². The molecule has 0 radical (unpaired) electrons. The quantitative estimate of drug-likeness (QED) is 0.145. The van der Waals surface area contributed by atoms with Crippen molar-refractivity contribution in [1.29, 1.82) is 0 Å². The Morgan fingerprint density at radius 1 is 0.236 bits per heavy atom. The summed E-state index contributed by atoms with van der Waals surface area (Å²) in [6.45, 7) is 20.1. The van der Waals surface area contributed by atoms with Gasteiger partial charge in [0.15, 0.2) is 0 Å². The molecule has 0 aliphatic carbocycles. The number of nitrogens with zero attached hydrogens (tertiary/aromatic N) is 4. The van der Waals surface area contributed by atoms with Gasteiger partial charge in [-0.1, -0.05) is 190 Å². The van der Waals surface area contributed by atoms with Gasteiger partial charge in [-0.15, -0.1) is 0 Å². The third-order valence-electron chi connectivity index (χ3n) is 13.8. The Bertz CT molecular complexity index is 3160. The largest absolute Gasteiger partial charge is 0.256 e. The van der Waals surface area contributed by atoms with Gasteiger partial charge in [0.1, 0.15) is 0 Å². The first-order valence-electron chi connectivity index (χ1n) is 25.1. The van der Waals surface area contributed by atoms with E-state index in [2.05, 4.69) is 250 Å². The van der Waals surface area contributed by atoms with Crippen molar-refractivity contribution in [2.45, 2.75) is 78.6 Å². The van der Waals surface area contributed by atoms with Crippen molar-refractivity contribution in [3.05, 3.63) is 230 Å². The van der Waals surface area contributed by atoms with Crippen molar-refractivity contribution in [3.8, 4) is 101 Å². The van der Waals surface area contributed by atoms with Crippen molar-refractivity contribution in [1.82, 2.24) is 19.9 Å². The molecule has 0 bridgehead atoms. The summed E-state index contributed by atoms with van der Waals surface area (Å²) < 4.78 is 0. The topological polar surface area (TPSA) is 51.6 Å². The molecule has 4 heteroatoms. The summed E-state index contributed by atoms with van der Waals surface area (Å²) in [4.78, 5) is 19.3. The zero-order valence-corrected chi connectivity index (χ0v) is 43.0. The lowest BCUT2D eigenvalue weighted by atomic mass is 9.86. The monoisotopic (exact) mass is 934 g/mol. The first-order chi connectivity index (χ1) is 34.6. The SMILES string of the molecule is CC(C)(C)c1ccnc(-c2ccc(-c3ccccc3-c3cc(-c4ccccc4-c4ccc(-c5cc(C(C)(C)C)ccn5)cc4)cc(-c4ccccc4-c4ccc(-c5cc(C(C)(C)C)ccn5)nc4)c3)cc2)c1. The molecule has 0 saturated heterocycles. The van der Waals surface area contributed by atoms with Gasteiger partial charge in [-0.2, -0.15) is 0 Å². The maximum Gasteiger partial charge on any atom is 0.0889 e. The third-order valence-corrected chi connectivity index (χ3v) is 13.8. The standard InChI is InChI=1S/C68H62N4/c1-66(2,3)53-32-35-69-63(41-53)47-26-22-45(23-27-47)56-16-10-13-19-59(56)50-38-51(60-20-14-11-17-57(60)46-24-28-48(29-25-46)64-42-54(33-36-70-64)67(4,5)6)40-52(39-50)61-21-15-12-18-58(61)49-30-31-62(72-44-49)65-43-55(34-37-71-65)68(7,8)9/h10-44H,1-9H3. The number of aromatic nitrogens is 4. The smallest absolute Gasteiger partial charge is 0.0889 e. The summed E-state index contributed by atoms with van der Waals surface area (Å²) in [7, 11) is 0. The predicted molar refractivity (Wildman–Crippen MR) is 303 cm³/mol. The maximum absolute atomic E-state index is 5.01. The molecular formula is C68H62N4. The zero-order chi connectivity index (χ0) is 50.2. The number of rotatable bonds is 9. The van der Waals surface area contributed by atoms with E-state index in [1.54, 1.807) is 0 Å². The fraction of sp³-hybridized carbons (Fsp3) is 0.176. The first kappa shape index (κ1) is 47.6. The molecule has 0 aliphatic rings. The van der Waals surface area contributed by atoms with Crippen LogP contribution in [0.5, 0.6) is 0 Å². The van der Waals surface area contributed by atoms with Crippen LogP contribution >= 0.6 is 0 Å². The Kier molecular flexibility index (Phi) is 12.7. The summed E-state index contributed by atoms with van der Waals surface area (Å²) in [6, 6.07) is 68.3. The Hall–Kier alpha value is -8.08. The van der Waals surface area contributed by atoms with Gasteiger partial charge in [0.2, 0.25) is 0 Å². The van der Waals surface area contributed by atoms with E-state index in [9.17, 15) is 0 Å². The minimum absolute atomic E-state index is 0.00786. The highest BCUT2D eigenvalue weighted by molar-refractivity contribution is 5.94. The van der Waals surface area contributed by atoms with E-state index in [-0.39, 0.29) is 16.2 Å². The van der Waals surface area contributed by atoms with Gasteiger partial charge in [-0.3, -0.25) is 19.9 Å². The Balaban J connectivity index is 1.09. The highest BCUT2D eigenvalue weighted by Crippen LogP contribution is 2.43. The van der Waals surface area contributed by atoms with E-state index >= 15 is 0 Å². The van der Waals surface area contributed by atoms with Crippen LogP contribution in [0, 0.1) is 0 Å². The molecule has 0 saturated carbocycles. The van der Waals surface area contributed by atoms with E-state index in [1.165, 1.54) is 16.7 Å². The summed E-state index contributed by atoms with van der Waals surface area (Å²) in [5.74, 6) is 0. The summed E-state index contributed by atoms with van der Waals surface area (Å²) in [5.41, 5.74) is 23.3. The van der Waals surface area contributed by atoms with E-state index < -0.39 is 0 Å². The van der Waals surface area contributed by atoms with Crippen molar-refractivity contribution in [2.24, 2.45) is 0 Å². The molecule has 0 unspecified atom stereocenters. The van der Waals surface area contributed by atoms with Crippen LogP contribution in [0.25, 0.3) is 101 Å². The second-order valence-electron chi connectivity index (χ2n) is 22.1. The lowest BCUT2D eigenvalue weighted by molar-refractivity contribution is 0.589. The van der Waals surface area contributed by atoms with Crippen molar-refractivity contribution in [2.75, 3.05) is 0 Å². The highest BCUT2D eigenvalue weighted by atomic mass is 14.8. The molecule has 10 aromatic rings. The lowest BCUT2D eigenvalue weighted by Gasteiger charge is -2.19. The maximum atomic E-state index is 5.01.